The molecule has 1 atom stereocenters. The number of amides is 1. The fourth-order valence-corrected chi connectivity index (χ4v) is 3.04. The van der Waals surface area contributed by atoms with Crippen molar-refractivity contribution >= 4 is 34.4 Å². The fraction of sp³-hybridized carbons (Fsp3) is 0.524. The number of rotatable bonds is 12. The van der Waals surface area contributed by atoms with E-state index in [1.165, 1.54) is 12.8 Å². The van der Waals surface area contributed by atoms with Crippen molar-refractivity contribution in [1.82, 2.24) is 10.6 Å². The van der Waals surface area contributed by atoms with Crippen molar-refractivity contribution in [1.29, 1.82) is 0 Å². The first-order chi connectivity index (χ1) is 13.4. The van der Waals surface area contributed by atoms with Crippen molar-refractivity contribution in [2.75, 3.05) is 37.2 Å². The van der Waals surface area contributed by atoms with E-state index in [0.29, 0.717) is 31.0 Å². The molecule has 1 unspecified atom stereocenters. The van der Waals surface area contributed by atoms with Gasteiger partial charge in [-0.2, -0.15) is 0 Å². The quantitative estimate of drug-likeness (QED) is 0.524. The summed E-state index contributed by atoms with van der Waals surface area (Å²) in [6, 6.07) is 5.60. The molecular weight excluding hydrogens is 374 g/mol. The monoisotopic (exact) mass is 405 g/mol. The summed E-state index contributed by atoms with van der Waals surface area (Å²) < 4.78 is 13.5. The van der Waals surface area contributed by atoms with Crippen molar-refractivity contribution < 1.29 is 13.8 Å². The summed E-state index contributed by atoms with van der Waals surface area (Å²) in [6.07, 6.45) is 9.61. The van der Waals surface area contributed by atoms with Gasteiger partial charge in [-0.15, -0.1) is 0 Å². The number of carbonyl (C=O) groups is 2. The Bertz CT molecular complexity index is 744. The molecule has 154 valence electrons. The van der Waals surface area contributed by atoms with Crippen LogP contribution in [0, 0.1) is 5.92 Å². The summed E-state index contributed by atoms with van der Waals surface area (Å²) in [6.45, 7) is 3.55. The summed E-state index contributed by atoms with van der Waals surface area (Å²) in [5.74, 6) is 0.682. The minimum absolute atomic E-state index is 0.137. The Balaban J connectivity index is 1.94. The van der Waals surface area contributed by atoms with Crippen LogP contribution >= 0.6 is 0 Å². The lowest BCUT2D eigenvalue weighted by atomic mass is 10.1. The van der Waals surface area contributed by atoms with E-state index < -0.39 is 11.0 Å². The van der Waals surface area contributed by atoms with Crippen LogP contribution in [-0.2, 0) is 15.8 Å². The molecule has 6 nitrogen and oxygen atoms in total. The zero-order valence-electron chi connectivity index (χ0n) is 17.0. The SMILES string of the molecule is CC(=O)CCNCCCNC(=O)c1cc(/C=C\C2CC2)cc(N(C)S(C)=O)c1. The second-order valence-corrected chi connectivity index (χ2v) is 8.64. The molecule has 0 aliphatic heterocycles. The van der Waals surface area contributed by atoms with E-state index in [9.17, 15) is 13.8 Å². The molecule has 0 saturated heterocycles. The Morgan fingerprint density at radius 3 is 2.61 bits per heavy atom. The number of carbonyl (C=O) groups excluding carboxylic acids is 2. The topological polar surface area (TPSA) is 78.5 Å². The maximum Gasteiger partial charge on any atom is 0.251 e. The molecule has 7 heteroatoms. The van der Waals surface area contributed by atoms with Crippen molar-refractivity contribution in [3.63, 3.8) is 0 Å². The van der Waals surface area contributed by atoms with Gasteiger partial charge in [0.2, 0.25) is 0 Å². The molecule has 0 heterocycles. The number of hydrogen-bond acceptors (Lipinski definition) is 4. The Hall–Kier alpha value is -1.99. The molecule has 2 rings (SSSR count). The highest BCUT2D eigenvalue weighted by Gasteiger charge is 2.17. The highest BCUT2D eigenvalue weighted by atomic mass is 32.2. The molecule has 1 saturated carbocycles. The summed E-state index contributed by atoms with van der Waals surface area (Å²) >= 11 is 0. The van der Waals surface area contributed by atoms with Crippen LogP contribution in [0.2, 0.25) is 0 Å². The molecule has 0 spiro atoms. The lowest BCUT2D eigenvalue weighted by Gasteiger charge is -2.17. The van der Waals surface area contributed by atoms with Gasteiger partial charge in [0.15, 0.2) is 0 Å². The van der Waals surface area contributed by atoms with Gasteiger partial charge in [-0.05, 0) is 62.4 Å². The maximum absolute atomic E-state index is 12.6. The third-order valence-corrected chi connectivity index (χ3v) is 5.59. The van der Waals surface area contributed by atoms with E-state index in [2.05, 4.69) is 16.7 Å². The normalized spacial score (nSPS) is 14.8. The van der Waals surface area contributed by atoms with Crippen molar-refractivity contribution in [2.24, 2.45) is 5.92 Å². The smallest absolute Gasteiger partial charge is 0.251 e. The number of hydrogen-bond donors (Lipinski definition) is 2. The molecule has 28 heavy (non-hydrogen) atoms. The van der Waals surface area contributed by atoms with Gasteiger partial charge >= 0.3 is 0 Å². The molecule has 1 fully saturated rings. The van der Waals surface area contributed by atoms with Crippen LogP contribution in [0.15, 0.2) is 24.3 Å². The van der Waals surface area contributed by atoms with E-state index in [1.807, 2.05) is 18.2 Å². The first-order valence-electron chi connectivity index (χ1n) is 9.75. The second-order valence-electron chi connectivity index (χ2n) is 7.24. The first kappa shape index (κ1) is 22.3. The average Bonchev–Trinajstić information content (AvgIpc) is 3.48. The van der Waals surface area contributed by atoms with Crippen LogP contribution in [0.25, 0.3) is 6.08 Å². The molecule has 2 N–H and O–H groups in total. The first-order valence-corrected chi connectivity index (χ1v) is 11.3. The van der Waals surface area contributed by atoms with Gasteiger partial charge in [-0.25, -0.2) is 4.21 Å². The van der Waals surface area contributed by atoms with Crippen LogP contribution in [0.1, 0.15) is 48.5 Å². The number of ketones is 1. The number of anilines is 1. The van der Waals surface area contributed by atoms with Crippen LogP contribution in [0.3, 0.4) is 0 Å². The predicted molar refractivity (Wildman–Crippen MR) is 116 cm³/mol. The molecule has 1 aliphatic carbocycles. The zero-order valence-corrected chi connectivity index (χ0v) is 17.8. The van der Waals surface area contributed by atoms with Gasteiger partial charge < -0.3 is 10.6 Å². The van der Waals surface area contributed by atoms with Crippen molar-refractivity contribution in [3.05, 3.63) is 35.4 Å². The van der Waals surface area contributed by atoms with Crippen LogP contribution < -0.4 is 14.9 Å². The van der Waals surface area contributed by atoms with E-state index in [0.717, 1.165) is 24.2 Å². The fourth-order valence-electron chi connectivity index (χ4n) is 2.63. The Morgan fingerprint density at radius 1 is 1.21 bits per heavy atom. The summed E-state index contributed by atoms with van der Waals surface area (Å²) in [5.41, 5.74) is 2.27. The van der Waals surface area contributed by atoms with Crippen molar-refractivity contribution in [2.45, 2.75) is 32.6 Å². The number of Topliss-reactive ketones (excluding diaryl/α,β-unsaturated/α-hetero) is 1. The molecule has 1 aliphatic rings. The van der Waals surface area contributed by atoms with E-state index in [1.54, 1.807) is 30.6 Å². The van der Waals surface area contributed by atoms with E-state index in [-0.39, 0.29) is 11.7 Å². The highest BCUT2D eigenvalue weighted by Crippen LogP contribution is 2.31. The van der Waals surface area contributed by atoms with Gasteiger partial charge in [0.25, 0.3) is 5.91 Å². The number of benzene rings is 1. The molecule has 0 bridgehead atoms. The Morgan fingerprint density at radius 2 is 1.96 bits per heavy atom. The summed E-state index contributed by atoms with van der Waals surface area (Å²) in [7, 11) is 0.598. The minimum atomic E-state index is -1.16. The zero-order chi connectivity index (χ0) is 20.5. The number of allylic oxidation sites excluding steroid dienone is 1. The van der Waals surface area contributed by atoms with Crippen LogP contribution in [0.4, 0.5) is 5.69 Å². The molecular formula is C21H31N3O3S. The highest BCUT2D eigenvalue weighted by molar-refractivity contribution is 7.85. The predicted octanol–water partition coefficient (Wildman–Crippen LogP) is 2.53. The molecule has 1 amide bonds. The average molecular weight is 406 g/mol. The van der Waals surface area contributed by atoms with Gasteiger partial charge in [-0.1, -0.05) is 12.2 Å². The summed E-state index contributed by atoms with van der Waals surface area (Å²) in [4.78, 5) is 23.5. The molecule has 1 aromatic rings. The van der Waals surface area contributed by atoms with E-state index >= 15 is 0 Å². The van der Waals surface area contributed by atoms with Gasteiger partial charge in [-0.3, -0.25) is 13.9 Å². The summed E-state index contributed by atoms with van der Waals surface area (Å²) in [5, 5.41) is 6.12. The molecule has 0 radical (unpaired) electrons. The minimum Gasteiger partial charge on any atom is -0.352 e. The number of nitrogens with one attached hydrogen (secondary N) is 2. The second kappa shape index (κ2) is 11.1. The van der Waals surface area contributed by atoms with Gasteiger partial charge in [0.05, 0.1) is 5.69 Å². The maximum atomic E-state index is 12.6. The third kappa shape index (κ3) is 7.94. The van der Waals surface area contributed by atoms with Crippen LogP contribution in [-0.4, -0.2) is 48.8 Å². The van der Waals surface area contributed by atoms with Gasteiger partial charge in [0, 0.05) is 38.4 Å². The van der Waals surface area contributed by atoms with E-state index in [4.69, 9.17) is 0 Å². The number of nitrogens with zero attached hydrogens (tertiary/aromatic N) is 1. The van der Waals surface area contributed by atoms with Crippen molar-refractivity contribution in [3.8, 4) is 0 Å². The standard InChI is InChI=1S/C21H31N3O3S/c1-16(25)9-12-22-10-4-11-23-21(26)19-13-18(8-7-17-5-6-17)14-20(15-19)24(2)28(3)27/h7-8,13-15,17,22H,4-6,9-12H2,1-3H3,(H,23,26)/b8-7-. The Kier molecular flexibility index (Phi) is 8.86. The molecule has 1 aromatic carbocycles. The largest absolute Gasteiger partial charge is 0.352 e. The lowest BCUT2D eigenvalue weighted by Crippen LogP contribution is -2.28. The molecule has 0 aromatic heterocycles. The Labute approximate surface area is 170 Å². The lowest BCUT2D eigenvalue weighted by molar-refractivity contribution is -0.116. The van der Waals surface area contributed by atoms with Gasteiger partial charge in [0.1, 0.15) is 16.8 Å². The third-order valence-electron chi connectivity index (χ3n) is 4.60. The van der Waals surface area contributed by atoms with Crippen LogP contribution in [0.5, 0.6) is 0 Å².